The molecule has 0 saturated heterocycles. The molecule has 1 aromatic heterocycles. The Morgan fingerprint density at radius 1 is 1.29 bits per heavy atom. The third-order valence-electron chi connectivity index (χ3n) is 4.67. The topological polar surface area (TPSA) is 91.3 Å². The normalized spacial score (nSPS) is 21.6. The van der Waals surface area contributed by atoms with Crippen molar-refractivity contribution in [2.75, 3.05) is 5.32 Å². The van der Waals surface area contributed by atoms with E-state index >= 15 is 0 Å². The number of amides is 2. The molecule has 1 aliphatic carbocycles. The maximum absolute atomic E-state index is 12.7. The second kappa shape index (κ2) is 5.72. The van der Waals surface area contributed by atoms with Crippen LogP contribution in [0.3, 0.4) is 0 Å². The van der Waals surface area contributed by atoms with E-state index in [4.69, 9.17) is 0 Å². The quantitative estimate of drug-likeness (QED) is 0.778. The molecule has 0 bridgehead atoms. The number of hydrogen-bond donors (Lipinski definition) is 3. The number of hydrogen-bond acceptors (Lipinski definition) is 4. The van der Waals surface area contributed by atoms with Gasteiger partial charge in [0.2, 0.25) is 5.91 Å². The largest absolute Gasteiger partial charge is 0.391 e. The standard InChI is InChI=1S/C18H17N3O3/c22-14-6-5-10-3-1-2-4-11(10)16(14)21-18(24)12-7-8-19-17-13(12)9-15(23)20-17/h1-4,7-8,14,16,22H,5-6,9H2,(H,21,24)(H,19,20,23)/t14-,16+/m1/s1. The van der Waals surface area contributed by atoms with Gasteiger partial charge in [-0.1, -0.05) is 24.3 Å². The molecule has 2 aromatic rings. The smallest absolute Gasteiger partial charge is 0.252 e. The zero-order valence-corrected chi connectivity index (χ0v) is 13.0. The van der Waals surface area contributed by atoms with E-state index in [0.29, 0.717) is 23.4 Å². The van der Waals surface area contributed by atoms with Gasteiger partial charge < -0.3 is 15.7 Å². The highest BCUT2D eigenvalue weighted by Gasteiger charge is 2.31. The fourth-order valence-corrected chi connectivity index (χ4v) is 3.46. The second-order valence-electron chi connectivity index (χ2n) is 6.17. The lowest BCUT2D eigenvalue weighted by Gasteiger charge is -2.31. The summed E-state index contributed by atoms with van der Waals surface area (Å²) in [6.07, 6.45) is 2.43. The van der Waals surface area contributed by atoms with Crippen molar-refractivity contribution in [3.63, 3.8) is 0 Å². The summed E-state index contributed by atoms with van der Waals surface area (Å²) in [6, 6.07) is 8.98. The van der Waals surface area contributed by atoms with Crippen molar-refractivity contribution in [2.45, 2.75) is 31.4 Å². The van der Waals surface area contributed by atoms with Crippen LogP contribution in [-0.2, 0) is 17.6 Å². The Morgan fingerprint density at radius 3 is 3.00 bits per heavy atom. The summed E-state index contributed by atoms with van der Waals surface area (Å²) in [5.74, 6) is -0.0241. The van der Waals surface area contributed by atoms with Crippen LogP contribution in [0, 0.1) is 0 Å². The molecule has 1 aliphatic heterocycles. The molecule has 0 unspecified atom stereocenters. The van der Waals surface area contributed by atoms with Crippen LogP contribution in [0.1, 0.15) is 39.5 Å². The van der Waals surface area contributed by atoms with E-state index in [2.05, 4.69) is 15.6 Å². The van der Waals surface area contributed by atoms with Crippen LogP contribution in [-0.4, -0.2) is 28.0 Å². The van der Waals surface area contributed by atoms with Gasteiger partial charge >= 0.3 is 0 Å². The molecule has 1 aromatic carbocycles. The number of aliphatic hydroxyl groups excluding tert-OH is 1. The van der Waals surface area contributed by atoms with Gasteiger partial charge in [0.05, 0.1) is 18.6 Å². The molecular weight excluding hydrogens is 306 g/mol. The molecule has 6 heteroatoms. The van der Waals surface area contributed by atoms with E-state index in [1.165, 1.54) is 6.20 Å². The third kappa shape index (κ3) is 2.45. The Labute approximate surface area is 138 Å². The van der Waals surface area contributed by atoms with Gasteiger partial charge in [-0.3, -0.25) is 9.59 Å². The molecule has 3 N–H and O–H groups in total. The zero-order chi connectivity index (χ0) is 16.7. The lowest BCUT2D eigenvalue weighted by atomic mass is 9.85. The SMILES string of the molecule is O=C1Cc2c(C(=O)N[C@H]3c4ccccc4CC[C@H]3O)ccnc2N1. The number of carbonyl (C=O) groups is 2. The van der Waals surface area contributed by atoms with Crippen molar-refractivity contribution in [1.29, 1.82) is 0 Å². The summed E-state index contributed by atoms with van der Waals surface area (Å²) in [5, 5.41) is 15.9. The van der Waals surface area contributed by atoms with Gasteiger partial charge in [0.15, 0.2) is 0 Å². The van der Waals surface area contributed by atoms with Crippen LogP contribution in [0.15, 0.2) is 36.5 Å². The fraction of sp³-hybridized carbons (Fsp3) is 0.278. The summed E-state index contributed by atoms with van der Waals surface area (Å²) in [4.78, 5) is 28.4. The molecule has 2 heterocycles. The summed E-state index contributed by atoms with van der Waals surface area (Å²) in [7, 11) is 0. The van der Waals surface area contributed by atoms with Gasteiger partial charge in [-0.05, 0) is 30.0 Å². The van der Waals surface area contributed by atoms with E-state index in [9.17, 15) is 14.7 Å². The van der Waals surface area contributed by atoms with E-state index in [1.54, 1.807) is 6.07 Å². The van der Waals surface area contributed by atoms with Gasteiger partial charge in [-0.2, -0.15) is 0 Å². The number of fused-ring (bicyclic) bond motifs is 2. The first-order chi connectivity index (χ1) is 11.6. The molecule has 0 radical (unpaired) electrons. The molecule has 2 atom stereocenters. The molecule has 2 amide bonds. The number of carbonyl (C=O) groups excluding carboxylic acids is 2. The minimum absolute atomic E-state index is 0.149. The predicted octanol–water partition coefficient (Wildman–Crippen LogP) is 1.35. The summed E-state index contributed by atoms with van der Waals surface area (Å²) in [6.45, 7) is 0. The Hall–Kier alpha value is -2.73. The van der Waals surface area contributed by atoms with Crippen LogP contribution in [0.2, 0.25) is 0 Å². The first-order valence-electron chi connectivity index (χ1n) is 7.98. The molecule has 2 aliphatic rings. The van der Waals surface area contributed by atoms with Gasteiger partial charge in [-0.15, -0.1) is 0 Å². The molecule has 24 heavy (non-hydrogen) atoms. The van der Waals surface area contributed by atoms with Crippen molar-refractivity contribution in [2.24, 2.45) is 0 Å². The van der Waals surface area contributed by atoms with Crippen LogP contribution in [0.5, 0.6) is 0 Å². The first kappa shape index (κ1) is 14.8. The molecule has 0 spiro atoms. The molecule has 122 valence electrons. The van der Waals surface area contributed by atoms with E-state index in [0.717, 1.165) is 17.5 Å². The van der Waals surface area contributed by atoms with Gasteiger partial charge in [-0.25, -0.2) is 4.98 Å². The molecule has 0 fully saturated rings. The highest BCUT2D eigenvalue weighted by molar-refractivity contribution is 6.04. The number of anilines is 1. The average Bonchev–Trinajstić information content (AvgIpc) is 2.97. The summed E-state index contributed by atoms with van der Waals surface area (Å²) < 4.78 is 0. The summed E-state index contributed by atoms with van der Waals surface area (Å²) in [5.41, 5.74) is 3.13. The van der Waals surface area contributed by atoms with Gasteiger partial charge in [0.25, 0.3) is 5.91 Å². The van der Waals surface area contributed by atoms with Crippen molar-refractivity contribution < 1.29 is 14.7 Å². The average molecular weight is 323 g/mol. The van der Waals surface area contributed by atoms with Gasteiger partial charge in [0, 0.05) is 17.3 Å². The van der Waals surface area contributed by atoms with Gasteiger partial charge in [0.1, 0.15) is 5.82 Å². The number of aliphatic hydroxyl groups is 1. The molecule has 6 nitrogen and oxygen atoms in total. The van der Waals surface area contributed by atoms with Crippen molar-refractivity contribution in [3.05, 3.63) is 58.8 Å². The number of pyridine rings is 1. The van der Waals surface area contributed by atoms with E-state index in [-0.39, 0.29) is 18.2 Å². The zero-order valence-electron chi connectivity index (χ0n) is 13.0. The van der Waals surface area contributed by atoms with E-state index < -0.39 is 12.1 Å². The number of aromatic nitrogens is 1. The number of rotatable bonds is 2. The maximum atomic E-state index is 12.7. The minimum atomic E-state index is -0.626. The summed E-state index contributed by atoms with van der Waals surface area (Å²) >= 11 is 0. The Balaban J connectivity index is 1.64. The third-order valence-corrected chi connectivity index (χ3v) is 4.67. The highest BCUT2D eigenvalue weighted by atomic mass is 16.3. The highest BCUT2D eigenvalue weighted by Crippen LogP contribution is 2.31. The van der Waals surface area contributed by atoms with Crippen LogP contribution in [0.4, 0.5) is 5.82 Å². The Morgan fingerprint density at radius 2 is 2.12 bits per heavy atom. The van der Waals surface area contributed by atoms with Crippen LogP contribution < -0.4 is 10.6 Å². The van der Waals surface area contributed by atoms with Crippen LogP contribution >= 0.6 is 0 Å². The van der Waals surface area contributed by atoms with Crippen molar-refractivity contribution >= 4 is 17.6 Å². The van der Waals surface area contributed by atoms with Crippen LogP contribution in [0.25, 0.3) is 0 Å². The number of nitrogens with one attached hydrogen (secondary N) is 2. The maximum Gasteiger partial charge on any atom is 0.252 e. The van der Waals surface area contributed by atoms with Crippen molar-refractivity contribution in [1.82, 2.24) is 10.3 Å². The number of aryl methyl sites for hydroxylation is 1. The van der Waals surface area contributed by atoms with E-state index in [1.807, 2.05) is 24.3 Å². The molecule has 4 rings (SSSR count). The first-order valence-corrected chi connectivity index (χ1v) is 7.98. The lowest BCUT2D eigenvalue weighted by Crippen LogP contribution is -2.39. The molecule has 0 saturated carbocycles. The monoisotopic (exact) mass is 323 g/mol. The Bertz CT molecular complexity index is 834. The lowest BCUT2D eigenvalue weighted by molar-refractivity contribution is -0.115. The predicted molar refractivity (Wildman–Crippen MR) is 87.5 cm³/mol. The number of nitrogens with zero attached hydrogens (tertiary/aromatic N) is 1. The molecular formula is C18H17N3O3. The van der Waals surface area contributed by atoms with Crippen molar-refractivity contribution in [3.8, 4) is 0 Å². The Kier molecular flexibility index (Phi) is 3.54. The number of benzene rings is 1. The minimum Gasteiger partial charge on any atom is -0.391 e. The fourth-order valence-electron chi connectivity index (χ4n) is 3.46. The second-order valence-corrected chi connectivity index (χ2v) is 6.17.